The molecule has 0 spiro atoms. The maximum Gasteiger partial charge on any atom is 0.273 e. The molecule has 3 fully saturated rings. The van der Waals surface area contributed by atoms with E-state index in [1.807, 2.05) is 12.2 Å². The highest BCUT2D eigenvalue weighted by molar-refractivity contribution is 6.10. The van der Waals surface area contributed by atoms with Crippen LogP contribution in [-0.2, 0) is 9.59 Å². The van der Waals surface area contributed by atoms with Crippen molar-refractivity contribution in [3.05, 3.63) is 81.9 Å². The van der Waals surface area contributed by atoms with E-state index in [-0.39, 0.29) is 28.7 Å². The standard InChI is InChI=1S/C27H23N3O7/c1-37-17-4-2-3-15(11-17)22(31)13-28(25(32)14-5-7-16(8-6-14)30(35)36)29-26(33)23-18-9-10-19(21-12-20(18)21)24(23)27(29)34/h2-11,18-21,23-24H,12-13H2,1H3/t18-,19-,20-,21-,23-,24+/m0/s1. The number of ether oxygens (including phenoxy) is 1. The molecule has 1 heterocycles. The molecule has 0 radical (unpaired) electrons. The molecule has 4 aliphatic carbocycles. The summed E-state index contributed by atoms with van der Waals surface area (Å²) in [6.45, 7) is -0.560. The average Bonchev–Trinajstić information content (AvgIpc) is 3.70. The summed E-state index contributed by atoms with van der Waals surface area (Å²) in [5, 5.41) is 12.8. The van der Waals surface area contributed by atoms with Crippen LogP contribution >= 0.6 is 0 Å². The van der Waals surface area contributed by atoms with Gasteiger partial charge in [-0.2, -0.15) is 5.01 Å². The van der Waals surface area contributed by atoms with Crippen molar-refractivity contribution in [1.82, 2.24) is 10.0 Å². The Hall–Kier alpha value is -4.34. The molecule has 0 unspecified atom stereocenters. The predicted molar refractivity (Wildman–Crippen MR) is 128 cm³/mol. The molecule has 2 saturated carbocycles. The normalized spacial score (nSPS) is 28.5. The molecule has 2 aromatic carbocycles. The summed E-state index contributed by atoms with van der Waals surface area (Å²) in [6.07, 6.45) is 5.05. The lowest BCUT2D eigenvalue weighted by Crippen LogP contribution is -2.52. The predicted octanol–water partition coefficient (Wildman–Crippen LogP) is 2.90. The molecule has 37 heavy (non-hydrogen) atoms. The molecule has 6 atom stereocenters. The number of non-ortho nitro benzene ring substituents is 1. The number of hydrogen-bond donors (Lipinski definition) is 0. The van der Waals surface area contributed by atoms with Crippen LogP contribution < -0.4 is 4.74 Å². The lowest BCUT2D eigenvalue weighted by molar-refractivity contribution is -0.384. The summed E-state index contributed by atoms with van der Waals surface area (Å²) in [5.41, 5.74) is 0.0561. The fourth-order valence-corrected chi connectivity index (χ4v) is 6.31. The Bertz CT molecular complexity index is 1350. The van der Waals surface area contributed by atoms with Crippen molar-refractivity contribution in [2.75, 3.05) is 13.7 Å². The number of carbonyl (C=O) groups is 4. The largest absolute Gasteiger partial charge is 0.497 e. The number of imide groups is 1. The van der Waals surface area contributed by atoms with E-state index in [1.54, 1.807) is 18.2 Å². The van der Waals surface area contributed by atoms with Crippen LogP contribution in [0.3, 0.4) is 0 Å². The quantitative estimate of drug-likeness (QED) is 0.188. The van der Waals surface area contributed by atoms with Gasteiger partial charge in [-0.1, -0.05) is 24.3 Å². The molecule has 1 saturated heterocycles. The number of hydrogen-bond acceptors (Lipinski definition) is 7. The van der Waals surface area contributed by atoms with E-state index >= 15 is 0 Å². The minimum atomic E-state index is -0.767. The Morgan fingerprint density at radius 1 is 1.00 bits per heavy atom. The van der Waals surface area contributed by atoms with Gasteiger partial charge in [0.2, 0.25) is 0 Å². The zero-order chi connectivity index (χ0) is 26.0. The summed E-state index contributed by atoms with van der Waals surface area (Å²) >= 11 is 0. The third kappa shape index (κ3) is 3.54. The van der Waals surface area contributed by atoms with Crippen LogP contribution in [0.1, 0.15) is 27.1 Å². The zero-order valence-corrected chi connectivity index (χ0v) is 19.9. The first-order valence-corrected chi connectivity index (χ1v) is 12.1. The van der Waals surface area contributed by atoms with E-state index in [4.69, 9.17) is 4.74 Å². The number of rotatable bonds is 7. The topological polar surface area (TPSA) is 127 Å². The first-order chi connectivity index (χ1) is 17.8. The van der Waals surface area contributed by atoms with Crippen molar-refractivity contribution in [2.45, 2.75) is 6.42 Å². The second-order valence-electron chi connectivity index (χ2n) is 9.96. The van der Waals surface area contributed by atoms with Gasteiger partial charge in [0.15, 0.2) is 5.78 Å². The summed E-state index contributed by atoms with van der Waals surface area (Å²) in [6, 6.07) is 11.2. The van der Waals surface area contributed by atoms with E-state index in [2.05, 4.69) is 0 Å². The second-order valence-corrected chi connectivity index (χ2v) is 9.96. The van der Waals surface area contributed by atoms with Crippen molar-refractivity contribution in [2.24, 2.45) is 35.5 Å². The van der Waals surface area contributed by atoms with Gasteiger partial charge in [0.1, 0.15) is 12.3 Å². The third-order valence-electron chi connectivity index (χ3n) is 8.13. The number of nitro groups is 1. The lowest BCUT2D eigenvalue weighted by Gasteiger charge is -2.37. The molecule has 0 N–H and O–H groups in total. The van der Waals surface area contributed by atoms with E-state index in [0.29, 0.717) is 17.6 Å². The van der Waals surface area contributed by atoms with Gasteiger partial charge in [-0.3, -0.25) is 29.3 Å². The van der Waals surface area contributed by atoms with Gasteiger partial charge in [0.05, 0.1) is 23.9 Å². The second kappa shape index (κ2) is 8.36. The van der Waals surface area contributed by atoms with Gasteiger partial charge >= 0.3 is 0 Å². The zero-order valence-electron chi connectivity index (χ0n) is 19.9. The molecule has 2 bridgehead atoms. The molecule has 7 rings (SSSR count). The van der Waals surface area contributed by atoms with Gasteiger partial charge < -0.3 is 4.74 Å². The summed E-state index contributed by atoms with van der Waals surface area (Å²) in [5.74, 6) is -2.21. The summed E-state index contributed by atoms with van der Waals surface area (Å²) < 4.78 is 5.19. The van der Waals surface area contributed by atoms with Crippen LogP contribution in [0.2, 0.25) is 0 Å². The average molecular weight is 501 g/mol. The molecule has 0 aromatic heterocycles. The Kier molecular flexibility index (Phi) is 5.22. The van der Waals surface area contributed by atoms with Crippen LogP contribution in [-0.4, -0.2) is 52.1 Å². The number of nitro benzene ring substituents is 1. The molecule has 3 amide bonds. The van der Waals surface area contributed by atoms with Gasteiger partial charge in [0.25, 0.3) is 23.4 Å². The Labute approximate surface area is 211 Å². The number of Topliss-reactive ketones (excluding diaryl/α,β-unsaturated/α-hetero) is 1. The molecule has 188 valence electrons. The number of methoxy groups -OCH3 is 1. The van der Waals surface area contributed by atoms with Gasteiger partial charge in [0, 0.05) is 23.3 Å². The fraction of sp³-hybridized carbons (Fsp3) is 0.333. The SMILES string of the molecule is COc1cccc(C(=O)CN(C(=O)c2ccc([N+](=O)[O-])cc2)N2C(=O)[C@@H]3[C@H]4C=C[C@@H]([C@@H]5C[C@@H]45)[C@@H]3C2=O)c1. The van der Waals surface area contributed by atoms with E-state index in [9.17, 15) is 29.3 Å². The molecule has 1 aliphatic heterocycles. The van der Waals surface area contributed by atoms with E-state index < -0.39 is 46.8 Å². The number of nitrogens with zero attached hydrogens (tertiary/aromatic N) is 3. The third-order valence-corrected chi connectivity index (χ3v) is 8.13. The monoisotopic (exact) mass is 501 g/mol. The maximum atomic E-state index is 13.7. The Balaban J connectivity index is 1.36. The minimum Gasteiger partial charge on any atom is -0.497 e. The van der Waals surface area contributed by atoms with Crippen molar-refractivity contribution in [1.29, 1.82) is 0 Å². The van der Waals surface area contributed by atoms with Gasteiger partial charge in [-0.05, 0) is 54.4 Å². The Morgan fingerprint density at radius 3 is 2.19 bits per heavy atom. The minimum absolute atomic E-state index is 0.0171. The molecule has 2 aromatic rings. The first kappa shape index (κ1) is 23.1. The lowest BCUT2D eigenvalue weighted by atomic mass is 9.63. The fourth-order valence-electron chi connectivity index (χ4n) is 6.31. The van der Waals surface area contributed by atoms with Crippen LogP contribution in [0.25, 0.3) is 0 Å². The number of allylic oxidation sites excluding steroid dienone is 2. The van der Waals surface area contributed by atoms with Crippen LogP contribution in [0, 0.1) is 45.6 Å². The molecular weight excluding hydrogens is 478 g/mol. The molecule has 10 heteroatoms. The highest BCUT2D eigenvalue weighted by Crippen LogP contribution is 2.65. The van der Waals surface area contributed by atoms with Crippen LogP contribution in [0.5, 0.6) is 5.75 Å². The highest BCUT2D eigenvalue weighted by Gasteiger charge is 2.68. The van der Waals surface area contributed by atoms with Gasteiger partial charge in [-0.25, -0.2) is 5.01 Å². The van der Waals surface area contributed by atoms with E-state index in [0.717, 1.165) is 16.4 Å². The number of amides is 3. The van der Waals surface area contributed by atoms with Crippen LogP contribution in [0.4, 0.5) is 5.69 Å². The van der Waals surface area contributed by atoms with E-state index in [1.165, 1.54) is 37.4 Å². The van der Waals surface area contributed by atoms with Crippen molar-refractivity contribution < 1.29 is 28.8 Å². The number of benzene rings is 2. The summed E-state index contributed by atoms with van der Waals surface area (Å²) in [4.78, 5) is 64.8. The van der Waals surface area contributed by atoms with Crippen molar-refractivity contribution in [3.8, 4) is 5.75 Å². The molecule has 10 nitrogen and oxygen atoms in total. The van der Waals surface area contributed by atoms with Crippen LogP contribution in [0.15, 0.2) is 60.7 Å². The first-order valence-electron chi connectivity index (χ1n) is 12.1. The molecule has 5 aliphatic rings. The number of ketones is 1. The Morgan fingerprint density at radius 2 is 1.62 bits per heavy atom. The summed E-state index contributed by atoms with van der Waals surface area (Å²) in [7, 11) is 1.46. The molecular formula is C27H23N3O7. The van der Waals surface area contributed by atoms with Gasteiger partial charge in [-0.15, -0.1) is 0 Å². The smallest absolute Gasteiger partial charge is 0.273 e. The highest BCUT2D eigenvalue weighted by atomic mass is 16.6. The number of hydrazine groups is 1. The maximum absolute atomic E-state index is 13.7. The number of carbonyl (C=O) groups excluding carboxylic acids is 4. The van der Waals surface area contributed by atoms with Crippen molar-refractivity contribution >= 4 is 29.2 Å². The van der Waals surface area contributed by atoms with Crippen molar-refractivity contribution in [3.63, 3.8) is 0 Å².